The molecule has 0 atom stereocenters. The predicted octanol–water partition coefficient (Wildman–Crippen LogP) is 5.86. The van der Waals surface area contributed by atoms with Crippen LogP contribution in [0.25, 0.3) is 0 Å². The lowest BCUT2D eigenvalue weighted by Gasteiger charge is -2.40. The third-order valence-corrected chi connectivity index (χ3v) is 7.76. The zero-order chi connectivity index (χ0) is 19.1. The maximum absolute atomic E-state index is 9.53. The highest BCUT2D eigenvalue weighted by molar-refractivity contribution is 9.10. The van der Waals surface area contributed by atoms with Crippen molar-refractivity contribution in [2.24, 2.45) is 11.3 Å². The zero-order valence-electron chi connectivity index (χ0n) is 17.3. The lowest BCUT2D eigenvalue weighted by molar-refractivity contribution is 0.0894. The first-order valence-corrected chi connectivity index (χ1v) is 11.6. The van der Waals surface area contributed by atoms with Crippen molar-refractivity contribution in [1.29, 1.82) is 0 Å². The minimum absolute atomic E-state index is 0. The number of halogens is 2. The van der Waals surface area contributed by atoms with Crippen LogP contribution in [0.15, 0.2) is 22.7 Å². The van der Waals surface area contributed by atoms with Crippen LogP contribution in [-0.4, -0.2) is 43.4 Å². The van der Waals surface area contributed by atoms with E-state index in [0.717, 1.165) is 24.5 Å². The number of piperidine rings is 1. The summed E-state index contributed by atoms with van der Waals surface area (Å²) in [5.41, 5.74) is 1.80. The molecule has 28 heavy (non-hydrogen) atoms. The third kappa shape index (κ3) is 6.62. The van der Waals surface area contributed by atoms with E-state index in [4.69, 9.17) is 4.74 Å². The molecule has 1 aliphatic heterocycles. The number of nitrogens with zero attached hydrogens (tertiary/aromatic N) is 1. The fourth-order valence-electron chi connectivity index (χ4n) is 5.12. The Hall–Kier alpha value is -0.290. The Bertz CT molecular complexity index is 578. The van der Waals surface area contributed by atoms with E-state index in [2.05, 4.69) is 33.0 Å². The van der Waals surface area contributed by atoms with E-state index < -0.39 is 0 Å². The Morgan fingerprint density at radius 1 is 1.14 bits per heavy atom. The molecule has 1 aliphatic carbocycles. The largest absolute Gasteiger partial charge is 0.497 e. The SMILES string of the molecule is COc1ccc(Br)c(CC2CCN(CCC3(CCO)CCCCC3)CC2)c1.Cl. The maximum Gasteiger partial charge on any atom is 0.119 e. The van der Waals surface area contributed by atoms with Crippen LogP contribution in [0, 0.1) is 11.3 Å². The van der Waals surface area contributed by atoms with Gasteiger partial charge in [0.25, 0.3) is 0 Å². The molecule has 2 fully saturated rings. The van der Waals surface area contributed by atoms with E-state index in [0.29, 0.717) is 12.0 Å². The first-order valence-electron chi connectivity index (χ1n) is 10.8. The van der Waals surface area contributed by atoms with Gasteiger partial charge in [-0.25, -0.2) is 0 Å². The summed E-state index contributed by atoms with van der Waals surface area (Å²) in [5.74, 6) is 1.72. The number of methoxy groups -OCH3 is 1. The minimum Gasteiger partial charge on any atom is -0.497 e. The lowest BCUT2D eigenvalue weighted by Crippen LogP contribution is -2.38. The number of rotatable bonds is 8. The molecule has 1 aromatic carbocycles. The zero-order valence-corrected chi connectivity index (χ0v) is 19.7. The molecule has 0 amide bonds. The van der Waals surface area contributed by atoms with Gasteiger partial charge >= 0.3 is 0 Å². The van der Waals surface area contributed by atoms with Crippen molar-refractivity contribution in [3.05, 3.63) is 28.2 Å². The second-order valence-electron chi connectivity index (χ2n) is 8.73. The van der Waals surface area contributed by atoms with Gasteiger partial charge in [-0.15, -0.1) is 12.4 Å². The Morgan fingerprint density at radius 2 is 1.86 bits per heavy atom. The van der Waals surface area contributed by atoms with Crippen molar-refractivity contribution < 1.29 is 9.84 Å². The Morgan fingerprint density at radius 3 is 2.50 bits per heavy atom. The summed E-state index contributed by atoms with van der Waals surface area (Å²) in [6.07, 6.45) is 12.8. The first-order chi connectivity index (χ1) is 13.1. The number of hydrogen-bond donors (Lipinski definition) is 1. The van der Waals surface area contributed by atoms with Crippen molar-refractivity contribution in [2.75, 3.05) is 33.4 Å². The number of hydrogen-bond acceptors (Lipinski definition) is 3. The van der Waals surface area contributed by atoms with Gasteiger partial charge in [0, 0.05) is 11.1 Å². The molecule has 0 bridgehead atoms. The van der Waals surface area contributed by atoms with Gasteiger partial charge in [0.1, 0.15) is 5.75 Å². The van der Waals surface area contributed by atoms with Gasteiger partial charge < -0.3 is 14.7 Å². The van der Waals surface area contributed by atoms with Gasteiger partial charge in [0.05, 0.1) is 7.11 Å². The van der Waals surface area contributed by atoms with Crippen LogP contribution in [-0.2, 0) is 6.42 Å². The van der Waals surface area contributed by atoms with Crippen LogP contribution < -0.4 is 4.74 Å². The van der Waals surface area contributed by atoms with Crippen LogP contribution >= 0.6 is 28.3 Å². The summed E-state index contributed by atoms with van der Waals surface area (Å²) in [5, 5.41) is 9.53. The molecule has 0 radical (unpaired) electrons. The molecular formula is C23H37BrClNO2. The Balaban J connectivity index is 0.00000280. The van der Waals surface area contributed by atoms with Crippen LogP contribution in [0.3, 0.4) is 0 Å². The summed E-state index contributed by atoms with van der Waals surface area (Å²) < 4.78 is 6.59. The number of aliphatic hydroxyl groups excluding tert-OH is 1. The summed E-state index contributed by atoms with van der Waals surface area (Å²) in [6.45, 7) is 4.02. The summed E-state index contributed by atoms with van der Waals surface area (Å²) in [6, 6.07) is 6.30. The van der Waals surface area contributed by atoms with E-state index in [1.165, 1.54) is 81.0 Å². The minimum atomic E-state index is 0. The highest BCUT2D eigenvalue weighted by Crippen LogP contribution is 2.42. The molecule has 0 unspecified atom stereocenters. The average Bonchev–Trinajstić information content (AvgIpc) is 2.70. The Kier molecular flexibility index (Phi) is 10.1. The smallest absolute Gasteiger partial charge is 0.119 e. The predicted molar refractivity (Wildman–Crippen MR) is 123 cm³/mol. The average molecular weight is 475 g/mol. The topological polar surface area (TPSA) is 32.7 Å². The van der Waals surface area contributed by atoms with Crippen LogP contribution in [0.5, 0.6) is 5.75 Å². The number of likely N-dealkylation sites (tertiary alicyclic amines) is 1. The molecular weight excluding hydrogens is 438 g/mol. The molecule has 3 nitrogen and oxygen atoms in total. The van der Waals surface area contributed by atoms with Crippen LogP contribution in [0.4, 0.5) is 0 Å². The number of benzene rings is 1. The quantitative estimate of drug-likeness (QED) is 0.512. The molecule has 1 N–H and O–H groups in total. The van der Waals surface area contributed by atoms with Crippen molar-refractivity contribution in [3.8, 4) is 5.75 Å². The maximum atomic E-state index is 9.53. The van der Waals surface area contributed by atoms with Crippen LogP contribution in [0.1, 0.15) is 63.4 Å². The molecule has 5 heteroatoms. The highest BCUT2D eigenvalue weighted by atomic mass is 79.9. The third-order valence-electron chi connectivity index (χ3n) is 6.98. The van der Waals surface area contributed by atoms with Gasteiger partial charge in [-0.05, 0) is 99.7 Å². The van der Waals surface area contributed by atoms with E-state index in [1.54, 1.807) is 7.11 Å². The fourth-order valence-corrected chi connectivity index (χ4v) is 5.53. The molecule has 3 rings (SSSR count). The normalized spacial score (nSPS) is 20.5. The van der Waals surface area contributed by atoms with E-state index >= 15 is 0 Å². The van der Waals surface area contributed by atoms with Gasteiger partial charge in [0.15, 0.2) is 0 Å². The van der Waals surface area contributed by atoms with Crippen molar-refractivity contribution in [2.45, 2.75) is 64.2 Å². The van der Waals surface area contributed by atoms with Gasteiger partial charge in [-0.1, -0.05) is 35.2 Å². The second-order valence-corrected chi connectivity index (χ2v) is 9.59. The first kappa shape index (κ1) is 24.0. The molecule has 1 saturated carbocycles. The fraction of sp³-hybridized carbons (Fsp3) is 0.739. The van der Waals surface area contributed by atoms with Gasteiger partial charge in [0.2, 0.25) is 0 Å². The molecule has 1 aromatic rings. The second kappa shape index (κ2) is 11.8. The molecule has 2 aliphatic rings. The summed E-state index contributed by atoms with van der Waals surface area (Å²) >= 11 is 3.70. The standard InChI is InChI=1S/C23H36BrNO2.ClH/c1-27-21-5-6-22(24)20(18-21)17-19-7-13-25(14-8-19)15-11-23(12-16-26)9-3-2-4-10-23;/h5-6,18-19,26H,2-4,7-17H2,1H3;1H. The van der Waals surface area contributed by atoms with E-state index in [-0.39, 0.29) is 12.4 Å². The molecule has 1 heterocycles. The van der Waals surface area contributed by atoms with Crippen molar-refractivity contribution in [1.82, 2.24) is 4.90 Å². The number of ether oxygens (including phenoxy) is 1. The summed E-state index contributed by atoms with van der Waals surface area (Å²) in [7, 11) is 1.74. The van der Waals surface area contributed by atoms with Gasteiger partial charge in [-0.3, -0.25) is 0 Å². The monoisotopic (exact) mass is 473 g/mol. The number of aliphatic hydroxyl groups is 1. The molecule has 0 aromatic heterocycles. The van der Waals surface area contributed by atoms with Crippen LogP contribution in [0.2, 0.25) is 0 Å². The van der Waals surface area contributed by atoms with Gasteiger partial charge in [-0.2, -0.15) is 0 Å². The molecule has 1 saturated heterocycles. The van der Waals surface area contributed by atoms with Crippen molar-refractivity contribution >= 4 is 28.3 Å². The van der Waals surface area contributed by atoms with Crippen molar-refractivity contribution in [3.63, 3.8) is 0 Å². The molecule has 160 valence electrons. The summed E-state index contributed by atoms with van der Waals surface area (Å²) in [4.78, 5) is 2.67. The highest BCUT2D eigenvalue weighted by Gasteiger charge is 2.32. The van der Waals surface area contributed by atoms with E-state index in [1.807, 2.05) is 6.07 Å². The Labute approximate surface area is 185 Å². The lowest BCUT2D eigenvalue weighted by atomic mass is 9.69. The van der Waals surface area contributed by atoms with E-state index in [9.17, 15) is 5.11 Å². The molecule has 0 spiro atoms.